The zero-order chi connectivity index (χ0) is 13.1. The molecule has 0 radical (unpaired) electrons. The second-order valence-corrected chi connectivity index (χ2v) is 4.23. The third-order valence-electron chi connectivity index (χ3n) is 2.75. The van der Waals surface area contributed by atoms with Crippen molar-refractivity contribution in [1.82, 2.24) is 4.57 Å². The maximum absolute atomic E-state index is 11.0. The van der Waals surface area contributed by atoms with Crippen molar-refractivity contribution >= 4 is 17.3 Å². The van der Waals surface area contributed by atoms with Crippen LogP contribution in [0.1, 0.15) is 11.3 Å². The molecule has 18 heavy (non-hydrogen) atoms. The van der Waals surface area contributed by atoms with E-state index in [2.05, 4.69) is 0 Å². The molecule has 0 spiro atoms. The molecular weight excluding hydrogens is 254 g/mol. The number of nitrogens with zero attached hydrogens (tertiary/aromatic N) is 2. The van der Waals surface area contributed by atoms with Crippen molar-refractivity contribution in [2.24, 2.45) is 5.73 Å². The van der Waals surface area contributed by atoms with E-state index in [1.165, 1.54) is 6.07 Å². The molecule has 0 aliphatic rings. The lowest BCUT2D eigenvalue weighted by Crippen LogP contribution is -2.09. The summed E-state index contributed by atoms with van der Waals surface area (Å²) in [7, 11) is 0. The average molecular weight is 266 g/mol. The number of halogens is 1. The predicted octanol–water partition coefficient (Wildman–Crippen LogP) is 2.56. The molecule has 0 saturated heterocycles. The summed E-state index contributed by atoms with van der Waals surface area (Å²) in [5, 5.41) is 11.4. The largest absolute Gasteiger partial charge is 0.346 e. The first-order valence-electron chi connectivity index (χ1n) is 5.39. The SMILES string of the molecule is NCc1cccn1Cc1c(Cl)cccc1[N+](=O)[O-]. The van der Waals surface area contributed by atoms with Gasteiger partial charge in [-0.2, -0.15) is 0 Å². The lowest BCUT2D eigenvalue weighted by Gasteiger charge is -2.09. The summed E-state index contributed by atoms with van der Waals surface area (Å²) >= 11 is 6.04. The van der Waals surface area contributed by atoms with E-state index in [1.807, 2.05) is 22.9 Å². The minimum atomic E-state index is -0.424. The van der Waals surface area contributed by atoms with Gasteiger partial charge in [0, 0.05) is 24.5 Å². The Kier molecular flexibility index (Phi) is 3.64. The number of nitrogens with two attached hydrogens (primary N) is 1. The van der Waals surface area contributed by atoms with Crippen LogP contribution < -0.4 is 5.73 Å². The molecular formula is C12H12ClN3O2. The summed E-state index contributed by atoms with van der Waals surface area (Å²) < 4.78 is 1.86. The van der Waals surface area contributed by atoms with Crippen LogP contribution in [0.2, 0.25) is 5.02 Å². The fourth-order valence-corrected chi connectivity index (χ4v) is 2.06. The van der Waals surface area contributed by atoms with E-state index in [0.717, 1.165) is 5.69 Å². The fraction of sp³-hybridized carbons (Fsp3) is 0.167. The van der Waals surface area contributed by atoms with E-state index < -0.39 is 4.92 Å². The number of rotatable bonds is 4. The minimum absolute atomic E-state index is 0.0270. The zero-order valence-corrected chi connectivity index (χ0v) is 10.3. The van der Waals surface area contributed by atoms with Crippen LogP contribution in [0, 0.1) is 10.1 Å². The average Bonchev–Trinajstić information content (AvgIpc) is 2.78. The first-order valence-corrected chi connectivity index (χ1v) is 5.77. The van der Waals surface area contributed by atoms with Crippen molar-refractivity contribution < 1.29 is 4.92 Å². The number of aromatic nitrogens is 1. The Morgan fingerprint density at radius 2 is 2.11 bits per heavy atom. The highest BCUT2D eigenvalue weighted by molar-refractivity contribution is 6.31. The van der Waals surface area contributed by atoms with Crippen LogP contribution in [0.25, 0.3) is 0 Å². The third-order valence-corrected chi connectivity index (χ3v) is 3.11. The molecule has 2 rings (SSSR count). The van der Waals surface area contributed by atoms with Gasteiger partial charge in [0.25, 0.3) is 5.69 Å². The highest BCUT2D eigenvalue weighted by Gasteiger charge is 2.17. The van der Waals surface area contributed by atoms with Crippen LogP contribution in [-0.2, 0) is 13.1 Å². The fourth-order valence-electron chi connectivity index (χ4n) is 1.83. The number of nitro benzene ring substituents is 1. The number of benzene rings is 1. The molecule has 0 unspecified atom stereocenters. The second kappa shape index (κ2) is 5.20. The van der Waals surface area contributed by atoms with Gasteiger partial charge in [0.05, 0.1) is 22.1 Å². The van der Waals surface area contributed by atoms with Crippen LogP contribution in [0.3, 0.4) is 0 Å². The summed E-state index contributed by atoms with van der Waals surface area (Å²) in [6.45, 7) is 0.723. The summed E-state index contributed by atoms with van der Waals surface area (Å²) in [5.74, 6) is 0. The number of hydrogen-bond donors (Lipinski definition) is 1. The Hall–Kier alpha value is -1.85. The second-order valence-electron chi connectivity index (χ2n) is 3.83. The van der Waals surface area contributed by atoms with Gasteiger partial charge in [0.15, 0.2) is 0 Å². The van der Waals surface area contributed by atoms with Crippen LogP contribution >= 0.6 is 11.6 Å². The number of hydrogen-bond acceptors (Lipinski definition) is 3. The lowest BCUT2D eigenvalue weighted by molar-refractivity contribution is -0.385. The highest BCUT2D eigenvalue weighted by atomic mass is 35.5. The first-order chi connectivity index (χ1) is 8.63. The normalized spacial score (nSPS) is 10.6. The van der Waals surface area contributed by atoms with Crippen LogP contribution in [0.15, 0.2) is 36.5 Å². The van der Waals surface area contributed by atoms with E-state index in [-0.39, 0.29) is 5.69 Å². The van der Waals surface area contributed by atoms with Gasteiger partial charge in [0.1, 0.15) is 0 Å². The van der Waals surface area contributed by atoms with Gasteiger partial charge in [-0.15, -0.1) is 0 Å². The molecule has 1 aromatic heterocycles. The monoisotopic (exact) mass is 265 g/mol. The van der Waals surface area contributed by atoms with Crippen molar-refractivity contribution in [1.29, 1.82) is 0 Å². The van der Waals surface area contributed by atoms with E-state index in [4.69, 9.17) is 17.3 Å². The smallest absolute Gasteiger partial charge is 0.275 e. The summed E-state index contributed by atoms with van der Waals surface area (Å²) in [6.07, 6.45) is 1.83. The minimum Gasteiger partial charge on any atom is -0.346 e. The molecule has 0 saturated carbocycles. The predicted molar refractivity (Wildman–Crippen MR) is 69.5 cm³/mol. The molecule has 0 aliphatic heterocycles. The molecule has 2 aromatic rings. The zero-order valence-electron chi connectivity index (χ0n) is 9.54. The Bertz CT molecular complexity index is 580. The van der Waals surface area contributed by atoms with E-state index in [9.17, 15) is 10.1 Å². The summed E-state index contributed by atoms with van der Waals surface area (Å²) in [5.41, 5.74) is 7.03. The van der Waals surface area contributed by atoms with E-state index >= 15 is 0 Å². The maximum atomic E-state index is 11.0. The Morgan fingerprint density at radius 1 is 1.33 bits per heavy atom. The molecule has 1 aromatic carbocycles. The van der Waals surface area contributed by atoms with Gasteiger partial charge in [-0.3, -0.25) is 10.1 Å². The maximum Gasteiger partial charge on any atom is 0.275 e. The van der Waals surface area contributed by atoms with Crippen molar-refractivity contribution in [3.05, 3.63) is 62.9 Å². The third kappa shape index (κ3) is 2.37. The summed E-state index contributed by atoms with van der Waals surface area (Å²) in [4.78, 5) is 10.5. The Labute approximate surface area is 109 Å². The molecule has 6 heteroatoms. The van der Waals surface area contributed by atoms with Gasteiger partial charge in [-0.1, -0.05) is 17.7 Å². The highest BCUT2D eigenvalue weighted by Crippen LogP contribution is 2.27. The quantitative estimate of drug-likeness (QED) is 0.682. The Morgan fingerprint density at radius 3 is 2.78 bits per heavy atom. The summed E-state index contributed by atoms with van der Waals surface area (Å²) in [6, 6.07) is 8.40. The molecule has 94 valence electrons. The van der Waals surface area contributed by atoms with Crippen molar-refractivity contribution in [2.75, 3.05) is 0 Å². The van der Waals surface area contributed by atoms with E-state index in [0.29, 0.717) is 23.7 Å². The molecule has 1 heterocycles. The lowest BCUT2D eigenvalue weighted by atomic mass is 10.1. The van der Waals surface area contributed by atoms with Gasteiger partial charge < -0.3 is 10.3 Å². The standard InChI is InChI=1S/C12H12ClN3O2/c13-11-4-1-5-12(16(17)18)10(11)8-15-6-2-3-9(15)7-14/h1-6H,7-8,14H2. The molecule has 0 bridgehead atoms. The molecule has 0 atom stereocenters. The van der Waals surface area contributed by atoms with Crippen LogP contribution in [-0.4, -0.2) is 9.49 Å². The van der Waals surface area contributed by atoms with Crippen molar-refractivity contribution in [2.45, 2.75) is 13.1 Å². The number of nitro groups is 1. The molecule has 0 aliphatic carbocycles. The Balaban J connectivity index is 2.42. The van der Waals surface area contributed by atoms with Crippen LogP contribution in [0.4, 0.5) is 5.69 Å². The topological polar surface area (TPSA) is 74.1 Å². The molecule has 5 nitrogen and oxygen atoms in total. The van der Waals surface area contributed by atoms with Gasteiger partial charge >= 0.3 is 0 Å². The van der Waals surface area contributed by atoms with Gasteiger partial charge in [-0.25, -0.2) is 0 Å². The molecule has 0 amide bonds. The van der Waals surface area contributed by atoms with Gasteiger partial charge in [-0.05, 0) is 18.2 Å². The first kappa shape index (κ1) is 12.6. The van der Waals surface area contributed by atoms with Crippen molar-refractivity contribution in [3.63, 3.8) is 0 Å². The molecule has 2 N–H and O–H groups in total. The van der Waals surface area contributed by atoms with Crippen LogP contribution in [0.5, 0.6) is 0 Å². The van der Waals surface area contributed by atoms with E-state index in [1.54, 1.807) is 12.1 Å². The molecule has 0 fully saturated rings. The van der Waals surface area contributed by atoms with Crippen molar-refractivity contribution in [3.8, 4) is 0 Å². The van der Waals surface area contributed by atoms with Gasteiger partial charge in [0.2, 0.25) is 0 Å².